The highest BCUT2D eigenvalue weighted by atomic mass is 32.2. The Balaban J connectivity index is 1.79. The number of fused-ring (bicyclic) bond motifs is 2. The summed E-state index contributed by atoms with van der Waals surface area (Å²) in [6.45, 7) is 0. The fourth-order valence-corrected chi connectivity index (χ4v) is 5.08. The lowest BCUT2D eigenvalue weighted by Crippen LogP contribution is -2.33. The van der Waals surface area contributed by atoms with Crippen LogP contribution in [0.5, 0.6) is 0 Å². The number of Topliss-reactive ketones (excluding diaryl/α,β-unsaturated/α-hetero) is 1. The first kappa shape index (κ1) is 14.9. The lowest BCUT2D eigenvalue weighted by atomic mass is 9.84. The molecular weight excluding hydrogens is 299 g/mol. The summed E-state index contributed by atoms with van der Waals surface area (Å²) in [6, 6.07) is 2.29. The van der Waals surface area contributed by atoms with Crippen LogP contribution in [-0.2, 0) is 6.18 Å². The standard InChI is InChI=1S/C15H16F3NOS/c16-15(17,18)13-8-9(4-5-19-13)14(20)10-6-11-2-1-3-12(7-10)21-11/h4-5,8,10-12H,1-3,6-7H2. The van der Waals surface area contributed by atoms with Crippen LogP contribution >= 0.6 is 11.8 Å². The third-order valence-corrected chi connectivity index (χ3v) is 5.86. The van der Waals surface area contributed by atoms with Crippen LogP contribution in [0.15, 0.2) is 18.3 Å². The lowest BCUT2D eigenvalue weighted by Gasteiger charge is -2.37. The molecule has 1 aromatic heterocycles. The summed E-state index contributed by atoms with van der Waals surface area (Å²) in [6.07, 6.45) is 1.61. The van der Waals surface area contributed by atoms with Crippen molar-refractivity contribution in [2.75, 3.05) is 0 Å². The van der Waals surface area contributed by atoms with E-state index < -0.39 is 11.9 Å². The molecule has 2 fully saturated rings. The van der Waals surface area contributed by atoms with Gasteiger partial charge in [-0.15, -0.1) is 0 Å². The maximum absolute atomic E-state index is 12.7. The summed E-state index contributed by atoms with van der Waals surface area (Å²) >= 11 is 1.95. The number of aromatic nitrogens is 1. The van der Waals surface area contributed by atoms with Gasteiger partial charge in [-0.05, 0) is 37.8 Å². The van der Waals surface area contributed by atoms with Crippen LogP contribution < -0.4 is 0 Å². The first-order valence-electron chi connectivity index (χ1n) is 7.16. The number of carbonyl (C=O) groups is 1. The maximum atomic E-state index is 12.7. The molecule has 0 N–H and O–H groups in total. The van der Waals surface area contributed by atoms with Gasteiger partial charge in [0.05, 0.1) is 0 Å². The van der Waals surface area contributed by atoms with Gasteiger partial charge in [-0.25, -0.2) is 0 Å². The van der Waals surface area contributed by atoms with Crippen LogP contribution in [-0.4, -0.2) is 21.3 Å². The van der Waals surface area contributed by atoms with E-state index in [4.69, 9.17) is 0 Å². The second-order valence-corrected chi connectivity index (χ2v) is 7.38. The summed E-state index contributed by atoms with van der Waals surface area (Å²) in [5.74, 6) is -0.287. The Labute approximate surface area is 125 Å². The zero-order valence-electron chi connectivity index (χ0n) is 11.4. The molecule has 2 unspecified atom stereocenters. The zero-order valence-corrected chi connectivity index (χ0v) is 12.2. The molecule has 0 amide bonds. The molecule has 2 saturated heterocycles. The van der Waals surface area contributed by atoms with E-state index in [0.29, 0.717) is 10.5 Å². The summed E-state index contributed by atoms with van der Waals surface area (Å²) in [4.78, 5) is 15.8. The number of rotatable bonds is 2. The molecule has 2 nitrogen and oxygen atoms in total. The summed E-state index contributed by atoms with van der Waals surface area (Å²) in [5.41, 5.74) is -0.842. The fraction of sp³-hybridized carbons (Fsp3) is 0.600. The van der Waals surface area contributed by atoms with Crippen LogP contribution in [0.25, 0.3) is 0 Å². The van der Waals surface area contributed by atoms with Crippen molar-refractivity contribution in [3.63, 3.8) is 0 Å². The fourth-order valence-electron chi connectivity index (χ4n) is 3.25. The van der Waals surface area contributed by atoms with E-state index in [9.17, 15) is 18.0 Å². The Morgan fingerprint density at radius 1 is 1.24 bits per heavy atom. The highest BCUT2D eigenvalue weighted by Gasteiger charge is 2.37. The van der Waals surface area contributed by atoms with E-state index in [1.807, 2.05) is 11.8 Å². The number of halogens is 3. The predicted octanol–water partition coefficient (Wildman–Crippen LogP) is 4.35. The van der Waals surface area contributed by atoms with E-state index in [1.54, 1.807) is 0 Å². The van der Waals surface area contributed by atoms with Crippen molar-refractivity contribution < 1.29 is 18.0 Å². The highest BCUT2D eigenvalue weighted by Crippen LogP contribution is 2.44. The molecule has 1 aromatic rings. The van der Waals surface area contributed by atoms with Gasteiger partial charge in [0.15, 0.2) is 5.78 Å². The Bertz CT molecular complexity index is 534. The van der Waals surface area contributed by atoms with Crippen LogP contribution in [0, 0.1) is 5.92 Å². The Morgan fingerprint density at radius 3 is 2.52 bits per heavy atom. The number of pyridine rings is 1. The molecular formula is C15H16F3NOS. The second kappa shape index (κ2) is 5.63. The summed E-state index contributed by atoms with van der Waals surface area (Å²) in [7, 11) is 0. The van der Waals surface area contributed by atoms with Gasteiger partial charge in [-0.3, -0.25) is 9.78 Å². The van der Waals surface area contributed by atoms with Crippen molar-refractivity contribution in [2.45, 2.75) is 48.8 Å². The number of carbonyl (C=O) groups excluding carboxylic acids is 1. The third kappa shape index (κ3) is 3.25. The van der Waals surface area contributed by atoms with E-state index in [0.717, 1.165) is 37.9 Å². The highest BCUT2D eigenvalue weighted by molar-refractivity contribution is 8.00. The molecule has 114 valence electrons. The Kier molecular flexibility index (Phi) is 3.99. The normalized spacial score (nSPS) is 29.2. The molecule has 0 aliphatic carbocycles. The number of thioether (sulfide) groups is 1. The number of hydrogen-bond acceptors (Lipinski definition) is 3. The molecule has 6 heteroatoms. The van der Waals surface area contributed by atoms with Gasteiger partial charge in [0.1, 0.15) is 5.69 Å². The number of hydrogen-bond donors (Lipinski definition) is 0. The SMILES string of the molecule is O=C(c1ccnc(C(F)(F)F)c1)C1CC2CCCC(C1)S2. The van der Waals surface area contributed by atoms with Gasteiger partial charge in [0, 0.05) is 28.2 Å². The Hall–Kier alpha value is -1.04. The predicted molar refractivity (Wildman–Crippen MR) is 75.3 cm³/mol. The van der Waals surface area contributed by atoms with Crippen LogP contribution in [0.1, 0.15) is 48.2 Å². The largest absolute Gasteiger partial charge is 0.433 e. The quantitative estimate of drug-likeness (QED) is 0.760. The summed E-state index contributed by atoms with van der Waals surface area (Å²) < 4.78 is 38.1. The number of nitrogens with zero attached hydrogens (tertiary/aromatic N) is 1. The minimum atomic E-state index is -4.50. The molecule has 2 bridgehead atoms. The zero-order chi connectivity index (χ0) is 15.0. The van der Waals surface area contributed by atoms with Crippen molar-refractivity contribution >= 4 is 17.5 Å². The second-order valence-electron chi connectivity index (χ2n) is 5.77. The van der Waals surface area contributed by atoms with Gasteiger partial charge >= 0.3 is 6.18 Å². The average molecular weight is 315 g/mol. The lowest BCUT2D eigenvalue weighted by molar-refractivity contribution is -0.141. The maximum Gasteiger partial charge on any atom is 0.433 e. The van der Waals surface area contributed by atoms with Gasteiger partial charge in [0.2, 0.25) is 0 Å². The van der Waals surface area contributed by atoms with Crippen LogP contribution in [0.4, 0.5) is 13.2 Å². The molecule has 2 atom stereocenters. The van der Waals surface area contributed by atoms with Gasteiger partial charge in [-0.1, -0.05) is 6.42 Å². The molecule has 0 saturated carbocycles. The monoisotopic (exact) mass is 315 g/mol. The molecule has 0 radical (unpaired) electrons. The molecule has 0 aromatic carbocycles. The first-order valence-corrected chi connectivity index (χ1v) is 8.10. The third-order valence-electron chi connectivity index (χ3n) is 4.24. The smallest absolute Gasteiger partial charge is 0.294 e. The van der Waals surface area contributed by atoms with Gasteiger partial charge < -0.3 is 0 Å². The van der Waals surface area contributed by atoms with E-state index in [2.05, 4.69) is 4.98 Å². The first-order chi connectivity index (χ1) is 9.93. The van der Waals surface area contributed by atoms with Crippen molar-refractivity contribution in [1.82, 2.24) is 4.98 Å². The van der Waals surface area contributed by atoms with Crippen molar-refractivity contribution in [1.29, 1.82) is 0 Å². The van der Waals surface area contributed by atoms with Crippen molar-refractivity contribution in [2.24, 2.45) is 5.92 Å². The minimum absolute atomic E-state index is 0.134. The van der Waals surface area contributed by atoms with E-state index in [1.165, 1.54) is 12.5 Å². The minimum Gasteiger partial charge on any atom is -0.294 e. The molecule has 3 rings (SSSR count). The molecule has 2 aliphatic heterocycles. The average Bonchev–Trinajstić information content (AvgIpc) is 2.45. The molecule has 21 heavy (non-hydrogen) atoms. The molecule has 2 aliphatic rings. The van der Waals surface area contributed by atoms with Crippen LogP contribution in [0.2, 0.25) is 0 Å². The van der Waals surface area contributed by atoms with Crippen molar-refractivity contribution in [3.05, 3.63) is 29.6 Å². The topological polar surface area (TPSA) is 30.0 Å². The van der Waals surface area contributed by atoms with Crippen molar-refractivity contribution in [3.8, 4) is 0 Å². The Morgan fingerprint density at radius 2 is 1.90 bits per heavy atom. The van der Waals surface area contributed by atoms with Gasteiger partial charge in [-0.2, -0.15) is 24.9 Å². The molecule has 3 heterocycles. The van der Waals surface area contributed by atoms with Gasteiger partial charge in [0.25, 0.3) is 0 Å². The molecule has 0 spiro atoms. The van der Waals surface area contributed by atoms with E-state index >= 15 is 0 Å². The number of alkyl halides is 3. The van der Waals surface area contributed by atoms with Crippen LogP contribution in [0.3, 0.4) is 0 Å². The van der Waals surface area contributed by atoms with E-state index in [-0.39, 0.29) is 17.3 Å². The summed E-state index contributed by atoms with van der Waals surface area (Å²) in [5, 5.41) is 0.991. The number of ketones is 1.